The summed E-state index contributed by atoms with van der Waals surface area (Å²) in [4.78, 5) is 12.1. The Kier molecular flexibility index (Phi) is 6.06. The van der Waals surface area contributed by atoms with E-state index < -0.39 is 41.0 Å². The van der Waals surface area contributed by atoms with E-state index >= 15 is 0 Å². The van der Waals surface area contributed by atoms with Crippen LogP contribution in [0, 0.1) is 5.82 Å². The molecule has 0 fully saturated rings. The number of hydrogen-bond donors (Lipinski definition) is 0. The van der Waals surface area contributed by atoms with Crippen molar-refractivity contribution in [3.63, 3.8) is 0 Å². The van der Waals surface area contributed by atoms with Gasteiger partial charge in [0.05, 0.1) is 16.7 Å². The van der Waals surface area contributed by atoms with Gasteiger partial charge in [-0.15, -0.1) is 0 Å². The van der Waals surface area contributed by atoms with E-state index in [-0.39, 0.29) is 23.6 Å². The summed E-state index contributed by atoms with van der Waals surface area (Å²) in [5.41, 5.74) is -3.51. The van der Waals surface area contributed by atoms with Gasteiger partial charge >= 0.3 is 18.3 Å². The molecule has 1 unspecified atom stereocenters. The normalized spacial score (nSPS) is 13.3. The molecule has 2 nitrogen and oxygen atoms in total. The topological polar surface area (TPSA) is 26.3 Å². The number of esters is 1. The lowest BCUT2D eigenvalue weighted by atomic mass is 9.98. The molecule has 0 spiro atoms. The van der Waals surface area contributed by atoms with Crippen LogP contribution in [-0.4, -0.2) is 5.97 Å². The molecule has 0 saturated carbocycles. The summed E-state index contributed by atoms with van der Waals surface area (Å²) >= 11 is 0. The van der Waals surface area contributed by atoms with Crippen LogP contribution < -0.4 is 4.74 Å². The minimum Gasteiger partial charge on any atom is -0.423 e. The standard InChI is InChI=1S/C19H15F7O2/c1-3-10(2)11-4-6-12(7-5-11)17(27)28-13-8-14(18(21,22)23)16(20)15(9-13)19(24,25)26/h4-10H,3H2,1-2H3. The molecule has 28 heavy (non-hydrogen) atoms. The smallest absolute Gasteiger partial charge is 0.419 e. The molecular formula is C19H15F7O2. The number of ether oxygens (including phenoxy) is 1. The second kappa shape index (κ2) is 7.81. The summed E-state index contributed by atoms with van der Waals surface area (Å²) in [6.07, 6.45) is -9.96. The van der Waals surface area contributed by atoms with E-state index in [1.807, 2.05) is 13.8 Å². The van der Waals surface area contributed by atoms with Crippen LogP contribution in [0.15, 0.2) is 36.4 Å². The van der Waals surface area contributed by atoms with E-state index in [4.69, 9.17) is 0 Å². The van der Waals surface area contributed by atoms with E-state index in [2.05, 4.69) is 4.74 Å². The van der Waals surface area contributed by atoms with Gasteiger partial charge in [-0.3, -0.25) is 0 Å². The van der Waals surface area contributed by atoms with Crippen LogP contribution in [0.4, 0.5) is 30.7 Å². The van der Waals surface area contributed by atoms with E-state index in [0.717, 1.165) is 12.0 Å². The molecule has 0 heterocycles. The van der Waals surface area contributed by atoms with Gasteiger partial charge in [-0.1, -0.05) is 26.0 Å². The third kappa shape index (κ3) is 4.82. The second-order valence-corrected chi connectivity index (χ2v) is 6.15. The first-order chi connectivity index (χ1) is 12.8. The molecule has 0 bridgehead atoms. The van der Waals surface area contributed by atoms with Crippen molar-refractivity contribution in [3.8, 4) is 5.75 Å². The Morgan fingerprint density at radius 1 is 0.964 bits per heavy atom. The van der Waals surface area contributed by atoms with Crippen molar-refractivity contribution < 1.29 is 40.3 Å². The Bertz CT molecular complexity index is 817. The van der Waals surface area contributed by atoms with Crippen LogP contribution in [0.5, 0.6) is 5.75 Å². The maximum atomic E-state index is 13.7. The molecule has 2 aromatic carbocycles. The monoisotopic (exact) mass is 408 g/mol. The Labute approximate surface area is 155 Å². The molecule has 0 aromatic heterocycles. The first-order valence-corrected chi connectivity index (χ1v) is 8.14. The summed E-state index contributed by atoms with van der Waals surface area (Å²) in [5.74, 6) is -4.50. The molecule has 0 aliphatic rings. The Balaban J connectivity index is 2.38. The van der Waals surface area contributed by atoms with Crippen molar-refractivity contribution in [2.45, 2.75) is 38.5 Å². The fraction of sp³-hybridized carbons (Fsp3) is 0.316. The van der Waals surface area contributed by atoms with Crippen molar-refractivity contribution in [3.05, 3.63) is 64.5 Å². The van der Waals surface area contributed by atoms with Gasteiger partial charge in [-0.25, -0.2) is 9.18 Å². The predicted molar refractivity (Wildman–Crippen MR) is 86.5 cm³/mol. The van der Waals surface area contributed by atoms with Crippen molar-refractivity contribution in [1.29, 1.82) is 0 Å². The van der Waals surface area contributed by atoms with Crippen LogP contribution in [0.25, 0.3) is 0 Å². The minimum absolute atomic E-state index is 0.0238. The predicted octanol–water partition coefficient (Wildman–Crippen LogP) is 6.60. The molecule has 0 radical (unpaired) electrons. The molecule has 0 aliphatic heterocycles. The first kappa shape index (κ1) is 21.7. The molecule has 0 saturated heterocycles. The van der Waals surface area contributed by atoms with E-state index in [1.54, 1.807) is 12.1 Å². The number of benzene rings is 2. The van der Waals surface area contributed by atoms with Crippen LogP contribution in [-0.2, 0) is 12.4 Å². The largest absolute Gasteiger partial charge is 0.423 e. The SMILES string of the molecule is CCC(C)c1ccc(C(=O)Oc2cc(C(F)(F)F)c(F)c(C(F)(F)F)c2)cc1. The van der Waals surface area contributed by atoms with Gasteiger partial charge < -0.3 is 4.74 Å². The minimum atomic E-state index is -5.40. The van der Waals surface area contributed by atoms with E-state index in [1.165, 1.54) is 12.1 Å². The number of halogens is 7. The summed E-state index contributed by atoms with van der Waals surface area (Å²) < 4.78 is 95.5. The zero-order valence-electron chi connectivity index (χ0n) is 14.7. The maximum Gasteiger partial charge on any atom is 0.419 e. The van der Waals surface area contributed by atoms with Gasteiger partial charge in [0.2, 0.25) is 0 Å². The van der Waals surface area contributed by atoms with Crippen LogP contribution >= 0.6 is 0 Å². The molecule has 0 amide bonds. The zero-order valence-corrected chi connectivity index (χ0v) is 14.7. The molecular weight excluding hydrogens is 393 g/mol. The number of carbonyl (C=O) groups excluding carboxylic acids is 1. The highest BCUT2D eigenvalue weighted by Crippen LogP contribution is 2.41. The molecule has 152 valence electrons. The molecule has 2 aromatic rings. The molecule has 1 atom stereocenters. The van der Waals surface area contributed by atoms with E-state index in [0.29, 0.717) is 0 Å². The second-order valence-electron chi connectivity index (χ2n) is 6.15. The first-order valence-electron chi connectivity index (χ1n) is 8.14. The van der Waals surface area contributed by atoms with Crippen LogP contribution in [0.1, 0.15) is 53.2 Å². The quantitative estimate of drug-likeness (QED) is 0.324. The van der Waals surface area contributed by atoms with Gasteiger partial charge in [-0.2, -0.15) is 26.3 Å². The van der Waals surface area contributed by atoms with Gasteiger partial charge in [0, 0.05) is 0 Å². The fourth-order valence-electron chi connectivity index (χ4n) is 2.42. The summed E-state index contributed by atoms with van der Waals surface area (Å²) in [6.45, 7) is 3.90. The maximum absolute atomic E-state index is 13.7. The van der Waals surface area contributed by atoms with Gasteiger partial charge in [-0.05, 0) is 42.2 Å². The summed E-state index contributed by atoms with van der Waals surface area (Å²) in [5, 5.41) is 0. The molecule has 0 N–H and O–H groups in total. The number of hydrogen-bond acceptors (Lipinski definition) is 2. The molecule has 2 rings (SSSR count). The average molecular weight is 408 g/mol. The van der Waals surface area contributed by atoms with Gasteiger partial charge in [0.25, 0.3) is 0 Å². The fourth-order valence-corrected chi connectivity index (χ4v) is 2.42. The van der Waals surface area contributed by atoms with Crippen molar-refractivity contribution >= 4 is 5.97 Å². The number of rotatable bonds is 4. The number of alkyl halides is 6. The van der Waals surface area contributed by atoms with E-state index in [9.17, 15) is 35.5 Å². The highest BCUT2D eigenvalue weighted by molar-refractivity contribution is 5.91. The Morgan fingerprint density at radius 3 is 1.82 bits per heavy atom. The van der Waals surface area contributed by atoms with Gasteiger partial charge in [0.1, 0.15) is 11.6 Å². The van der Waals surface area contributed by atoms with Crippen molar-refractivity contribution in [2.24, 2.45) is 0 Å². The Morgan fingerprint density at radius 2 is 1.43 bits per heavy atom. The van der Waals surface area contributed by atoms with Crippen molar-refractivity contribution in [1.82, 2.24) is 0 Å². The lowest BCUT2D eigenvalue weighted by Crippen LogP contribution is -2.17. The summed E-state index contributed by atoms with van der Waals surface area (Å²) in [6, 6.07) is 5.97. The van der Waals surface area contributed by atoms with Gasteiger partial charge in [0.15, 0.2) is 0 Å². The Hall–Kier alpha value is -2.58. The third-order valence-corrected chi connectivity index (χ3v) is 4.20. The zero-order chi connectivity index (χ0) is 21.3. The highest BCUT2D eigenvalue weighted by atomic mass is 19.4. The highest BCUT2D eigenvalue weighted by Gasteiger charge is 2.42. The number of carbonyl (C=O) groups is 1. The summed E-state index contributed by atoms with van der Waals surface area (Å²) in [7, 11) is 0. The van der Waals surface area contributed by atoms with Crippen LogP contribution in [0.2, 0.25) is 0 Å². The lowest BCUT2D eigenvalue weighted by molar-refractivity contribution is -0.147. The third-order valence-electron chi connectivity index (χ3n) is 4.20. The average Bonchev–Trinajstić information content (AvgIpc) is 2.60. The molecule has 0 aliphatic carbocycles. The lowest BCUT2D eigenvalue weighted by Gasteiger charge is -2.16. The van der Waals surface area contributed by atoms with Crippen molar-refractivity contribution in [2.75, 3.05) is 0 Å². The molecule has 9 heteroatoms. The van der Waals surface area contributed by atoms with Crippen LogP contribution in [0.3, 0.4) is 0 Å².